The molecule has 16 heavy (non-hydrogen) atoms. The fourth-order valence-electron chi connectivity index (χ4n) is 2.52. The molecule has 0 heterocycles. The Bertz CT molecular complexity index is 420. The van der Waals surface area contributed by atoms with Crippen LogP contribution >= 0.6 is 0 Å². The fourth-order valence-corrected chi connectivity index (χ4v) is 2.52. The molecule has 0 aromatic heterocycles. The minimum Gasteiger partial charge on any atom is -0.507 e. The topological polar surface area (TPSA) is 37.3 Å². The van der Waals surface area contributed by atoms with Gasteiger partial charge in [-0.1, -0.05) is 32.9 Å². The predicted molar refractivity (Wildman–Crippen MR) is 63.5 cm³/mol. The molecule has 1 fully saturated rings. The molecule has 1 aliphatic carbocycles. The SMILES string of the molecule is CC1C(C(=O)c2ccccc2O)CC1(C)C. The van der Waals surface area contributed by atoms with E-state index in [1.807, 2.05) is 0 Å². The van der Waals surface area contributed by atoms with Gasteiger partial charge >= 0.3 is 0 Å². The van der Waals surface area contributed by atoms with Crippen molar-refractivity contribution in [2.45, 2.75) is 27.2 Å². The highest BCUT2D eigenvalue weighted by molar-refractivity contribution is 6.00. The molecule has 2 nitrogen and oxygen atoms in total. The van der Waals surface area contributed by atoms with Crippen LogP contribution in [-0.2, 0) is 0 Å². The zero-order valence-electron chi connectivity index (χ0n) is 10.0. The number of hydrogen-bond acceptors (Lipinski definition) is 2. The summed E-state index contributed by atoms with van der Waals surface area (Å²) in [5.74, 6) is 0.650. The van der Waals surface area contributed by atoms with Crippen molar-refractivity contribution in [3.63, 3.8) is 0 Å². The zero-order valence-corrected chi connectivity index (χ0v) is 10.0. The number of rotatable bonds is 2. The van der Waals surface area contributed by atoms with Crippen molar-refractivity contribution in [2.24, 2.45) is 17.3 Å². The van der Waals surface area contributed by atoms with Crippen LogP contribution in [0, 0.1) is 17.3 Å². The van der Waals surface area contributed by atoms with Gasteiger partial charge in [0.25, 0.3) is 0 Å². The number of phenolic OH excluding ortho intramolecular Hbond substituents is 1. The van der Waals surface area contributed by atoms with E-state index in [-0.39, 0.29) is 22.9 Å². The van der Waals surface area contributed by atoms with Crippen molar-refractivity contribution in [2.75, 3.05) is 0 Å². The summed E-state index contributed by atoms with van der Waals surface area (Å²) in [5, 5.41) is 9.64. The first-order valence-electron chi connectivity index (χ1n) is 5.75. The van der Waals surface area contributed by atoms with Crippen molar-refractivity contribution in [1.29, 1.82) is 0 Å². The number of Topliss-reactive ketones (excluding diaryl/α,β-unsaturated/α-hetero) is 1. The molecule has 2 atom stereocenters. The number of phenols is 1. The molecule has 1 N–H and O–H groups in total. The van der Waals surface area contributed by atoms with Crippen LogP contribution in [0.5, 0.6) is 5.75 Å². The van der Waals surface area contributed by atoms with Gasteiger partial charge in [0.1, 0.15) is 5.75 Å². The zero-order chi connectivity index (χ0) is 11.9. The molecule has 0 amide bonds. The molecule has 0 bridgehead atoms. The Morgan fingerprint density at radius 1 is 1.38 bits per heavy atom. The molecule has 0 radical (unpaired) electrons. The third-order valence-electron chi connectivity index (χ3n) is 4.09. The molecule has 1 aromatic rings. The highest BCUT2D eigenvalue weighted by Crippen LogP contribution is 2.51. The van der Waals surface area contributed by atoms with E-state index in [1.165, 1.54) is 0 Å². The maximum absolute atomic E-state index is 12.2. The van der Waals surface area contributed by atoms with Gasteiger partial charge in [-0.2, -0.15) is 0 Å². The van der Waals surface area contributed by atoms with Crippen LogP contribution in [0.15, 0.2) is 24.3 Å². The number of para-hydroxylation sites is 1. The van der Waals surface area contributed by atoms with Crippen LogP contribution in [0.2, 0.25) is 0 Å². The molecule has 86 valence electrons. The van der Waals surface area contributed by atoms with Gasteiger partial charge in [-0.15, -0.1) is 0 Å². The molecule has 0 saturated heterocycles. The van der Waals surface area contributed by atoms with E-state index >= 15 is 0 Å². The number of carbonyl (C=O) groups is 1. The standard InChI is InChI=1S/C14H18O2/c1-9-11(8-14(9,2)3)13(16)10-6-4-5-7-12(10)15/h4-7,9,11,15H,8H2,1-3H3. The van der Waals surface area contributed by atoms with E-state index in [0.29, 0.717) is 11.5 Å². The van der Waals surface area contributed by atoms with E-state index in [0.717, 1.165) is 6.42 Å². The number of aromatic hydroxyl groups is 1. The van der Waals surface area contributed by atoms with Crippen molar-refractivity contribution in [1.82, 2.24) is 0 Å². The summed E-state index contributed by atoms with van der Waals surface area (Å²) >= 11 is 0. The van der Waals surface area contributed by atoms with E-state index < -0.39 is 0 Å². The minimum atomic E-state index is 0.0725. The second-order valence-electron chi connectivity index (χ2n) is 5.47. The molecular formula is C14H18O2. The molecule has 2 heteroatoms. The maximum atomic E-state index is 12.2. The highest BCUT2D eigenvalue weighted by atomic mass is 16.3. The molecule has 0 aliphatic heterocycles. The quantitative estimate of drug-likeness (QED) is 0.774. The van der Waals surface area contributed by atoms with Gasteiger partial charge in [-0.25, -0.2) is 0 Å². The second kappa shape index (κ2) is 3.62. The van der Waals surface area contributed by atoms with E-state index in [2.05, 4.69) is 20.8 Å². The summed E-state index contributed by atoms with van der Waals surface area (Å²) in [6.07, 6.45) is 0.918. The van der Waals surface area contributed by atoms with Crippen molar-refractivity contribution >= 4 is 5.78 Å². The predicted octanol–water partition coefficient (Wildman–Crippen LogP) is 3.26. The molecule has 2 unspecified atom stereocenters. The van der Waals surface area contributed by atoms with Crippen molar-refractivity contribution in [3.05, 3.63) is 29.8 Å². The van der Waals surface area contributed by atoms with Crippen LogP contribution < -0.4 is 0 Å². The lowest BCUT2D eigenvalue weighted by Gasteiger charge is -2.49. The summed E-state index contributed by atoms with van der Waals surface area (Å²) in [7, 11) is 0. The summed E-state index contributed by atoms with van der Waals surface area (Å²) < 4.78 is 0. The second-order valence-corrected chi connectivity index (χ2v) is 5.47. The highest BCUT2D eigenvalue weighted by Gasteiger charge is 2.48. The Morgan fingerprint density at radius 2 is 2.00 bits per heavy atom. The Morgan fingerprint density at radius 3 is 2.50 bits per heavy atom. The van der Waals surface area contributed by atoms with Gasteiger partial charge in [-0.05, 0) is 29.9 Å². The average molecular weight is 218 g/mol. The van der Waals surface area contributed by atoms with Gasteiger partial charge in [0.05, 0.1) is 5.56 Å². The molecule has 1 aromatic carbocycles. The first kappa shape index (κ1) is 11.2. The summed E-state index contributed by atoms with van der Waals surface area (Å²) in [4.78, 5) is 12.2. The molecule has 0 spiro atoms. The lowest BCUT2D eigenvalue weighted by atomic mass is 9.55. The van der Waals surface area contributed by atoms with Gasteiger partial charge < -0.3 is 5.11 Å². The summed E-state index contributed by atoms with van der Waals surface area (Å²) in [6, 6.07) is 6.80. The monoisotopic (exact) mass is 218 g/mol. The summed E-state index contributed by atoms with van der Waals surface area (Å²) in [6.45, 7) is 6.49. The fraction of sp³-hybridized carbons (Fsp3) is 0.500. The Kier molecular flexibility index (Phi) is 2.53. The van der Waals surface area contributed by atoms with Crippen LogP contribution in [0.1, 0.15) is 37.6 Å². The van der Waals surface area contributed by atoms with E-state index in [9.17, 15) is 9.90 Å². The van der Waals surface area contributed by atoms with Gasteiger partial charge in [0.15, 0.2) is 5.78 Å². The number of carbonyl (C=O) groups excluding carboxylic acids is 1. The Labute approximate surface area is 96.3 Å². The lowest BCUT2D eigenvalue weighted by molar-refractivity contribution is 0.00917. The third kappa shape index (κ3) is 1.62. The van der Waals surface area contributed by atoms with Crippen LogP contribution in [-0.4, -0.2) is 10.9 Å². The minimum absolute atomic E-state index is 0.0725. The molecular weight excluding hydrogens is 200 g/mol. The van der Waals surface area contributed by atoms with Crippen molar-refractivity contribution in [3.8, 4) is 5.75 Å². The lowest BCUT2D eigenvalue weighted by Crippen LogP contribution is -2.46. The van der Waals surface area contributed by atoms with Crippen LogP contribution in [0.25, 0.3) is 0 Å². The first-order valence-corrected chi connectivity index (χ1v) is 5.75. The molecule has 1 aliphatic rings. The van der Waals surface area contributed by atoms with Gasteiger partial charge in [0, 0.05) is 5.92 Å². The van der Waals surface area contributed by atoms with E-state index in [4.69, 9.17) is 0 Å². The molecule has 2 rings (SSSR count). The normalized spacial score (nSPS) is 27.2. The average Bonchev–Trinajstić information content (AvgIpc) is 2.25. The number of hydrogen-bond donors (Lipinski definition) is 1. The van der Waals surface area contributed by atoms with E-state index in [1.54, 1.807) is 24.3 Å². The molecule has 1 saturated carbocycles. The largest absolute Gasteiger partial charge is 0.507 e. The van der Waals surface area contributed by atoms with Gasteiger partial charge in [0.2, 0.25) is 0 Å². The smallest absolute Gasteiger partial charge is 0.169 e. The Hall–Kier alpha value is -1.31. The van der Waals surface area contributed by atoms with Crippen LogP contribution in [0.4, 0.5) is 0 Å². The van der Waals surface area contributed by atoms with Gasteiger partial charge in [-0.3, -0.25) is 4.79 Å². The number of ketones is 1. The Balaban J connectivity index is 2.20. The van der Waals surface area contributed by atoms with Crippen LogP contribution in [0.3, 0.4) is 0 Å². The number of benzene rings is 1. The van der Waals surface area contributed by atoms with Crippen molar-refractivity contribution < 1.29 is 9.90 Å². The first-order chi connectivity index (χ1) is 7.43. The summed E-state index contributed by atoms with van der Waals surface area (Å²) in [5.41, 5.74) is 0.722. The third-order valence-corrected chi connectivity index (χ3v) is 4.09. The maximum Gasteiger partial charge on any atom is 0.169 e.